The van der Waals surface area contributed by atoms with Crippen LogP contribution in [0.3, 0.4) is 0 Å². The Morgan fingerprint density at radius 1 is 1.10 bits per heavy atom. The first kappa shape index (κ1) is 21.8. The Labute approximate surface area is 178 Å². The fraction of sp³-hybridized carbons (Fsp3) is 0.227. The number of carbonyl (C=O) groups is 1. The summed E-state index contributed by atoms with van der Waals surface area (Å²) in [5, 5.41) is 0. The van der Waals surface area contributed by atoms with Crippen molar-refractivity contribution in [3.63, 3.8) is 0 Å². The molecule has 3 aromatic rings. The average molecular weight is 424 g/mol. The third-order valence-corrected chi connectivity index (χ3v) is 4.67. The number of hydrogen-bond acceptors (Lipinski definition) is 7. The summed E-state index contributed by atoms with van der Waals surface area (Å²) >= 11 is 0. The van der Waals surface area contributed by atoms with Crippen molar-refractivity contribution < 1.29 is 14.3 Å². The van der Waals surface area contributed by atoms with Crippen LogP contribution in [0.25, 0.3) is 0 Å². The summed E-state index contributed by atoms with van der Waals surface area (Å²) in [6, 6.07) is 16.5. The summed E-state index contributed by atoms with van der Waals surface area (Å²) < 4.78 is 12.0. The molecule has 3 rings (SSSR count). The highest BCUT2D eigenvalue weighted by Gasteiger charge is 2.21. The number of ketones is 1. The Kier molecular flexibility index (Phi) is 6.88. The zero-order valence-corrected chi connectivity index (χ0v) is 17.3. The van der Waals surface area contributed by atoms with Crippen molar-refractivity contribution in [1.29, 1.82) is 0 Å². The predicted molar refractivity (Wildman–Crippen MR) is 118 cm³/mol. The molecule has 0 bridgehead atoms. The summed E-state index contributed by atoms with van der Waals surface area (Å²) in [6.07, 6.45) is 0. The highest BCUT2D eigenvalue weighted by atomic mass is 16.5. The molecule has 2 aromatic carbocycles. The molecule has 0 aliphatic heterocycles. The Morgan fingerprint density at radius 2 is 1.77 bits per heavy atom. The van der Waals surface area contributed by atoms with Crippen LogP contribution in [0.2, 0.25) is 0 Å². The lowest BCUT2D eigenvalue weighted by atomic mass is 10.1. The van der Waals surface area contributed by atoms with Crippen molar-refractivity contribution >= 4 is 17.3 Å². The number of ether oxygens (including phenoxy) is 2. The van der Waals surface area contributed by atoms with E-state index in [1.807, 2.05) is 42.5 Å². The third-order valence-electron chi connectivity index (χ3n) is 4.67. The molecule has 9 nitrogen and oxygen atoms in total. The van der Waals surface area contributed by atoms with Crippen molar-refractivity contribution in [2.45, 2.75) is 6.54 Å². The molecule has 0 amide bonds. The standard InChI is InChI=1S/C22H24N4O5/c1-25(16-10-6-7-11-18(16)31-15-8-4-3-5-9-15)14-17(27)19-20(23)26(12-13-30-2)22(29)24-21(19)28/h3-11H,12-14,23H2,1-2H3,(H,24,28,29). The molecule has 31 heavy (non-hydrogen) atoms. The Balaban J connectivity index is 1.87. The van der Waals surface area contributed by atoms with E-state index in [-0.39, 0.29) is 31.1 Å². The van der Waals surface area contributed by atoms with Crippen molar-refractivity contribution in [1.82, 2.24) is 9.55 Å². The second-order valence-electron chi connectivity index (χ2n) is 6.83. The van der Waals surface area contributed by atoms with E-state index in [9.17, 15) is 14.4 Å². The summed E-state index contributed by atoms with van der Waals surface area (Å²) in [5.41, 5.74) is 4.89. The highest BCUT2D eigenvalue weighted by molar-refractivity contribution is 6.02. The van der Waals surface area contributed by atoms with Gasteiger partial charge >= 0.3 is 5.69 Å². The minimum absolute atomic E-state index is 0.113. The van der Waals surface area contributed by atoms with E-state index < -0.39 is 17.0 Å². The lowest BCUT2D eigenvalue weighted by Gasteiger charge is -2.22. The van der Waals surface area contributed by atoms with Crippen LogP contribution in [0.5, 0.6) is 11.5 Å². The number of likely N-dealkylation sites (N-methyl/N-ethyl adjacent to an activating group) is 1. The molecule has 3 N–H and O–H groups in total. The third kappa shape index (κ3) is 5.01. The lowest BCUT2D eigenvalue weighted by molar-refractivity contribution is 0.0998. The van der Waals surface area contributed by atoms with E-state index in [2.05, 4.69) is 4.98 Å². The number of para-hydroxylation sites is 3. The van der Waals surface area contributed by atoms with Crippen LogP contribution in [0.15, 0.2) is 64.2 Å². The molecular weight excluding hydrogens is 400 g/mol. The number of nitrogens with two attached hydrogens (primary N) is 1. The smallest absolute Gasteiger partial charge is 0.330 e. The number of rotatable bonds is 9. The van der Waals surface area contributed by atoms with Crippen molar-refractivity contribution in [2.24, 2.45) is 0 Å². The molecule has 0 spiro atoms. The molecule has 9 heteroatoms. The van der Waals surface area contributed by atoms with Crippen molar-refractivity contribution in [3.05, 3.63) is 81.0 Å². The Bertz CT molecular complexity index is 1170. The van der Waals surface area contributed by atoms with Gasteiger partial charge in [0.15, 0.2) is 11.5 Å². The number of benzene rings is 2. The molecular formula is C22H24N4O5. The molecule has 162 valence electrons. The van der Waals surface area contributed by atoms with Crippen LogP contribution in [0.1, 0.15) is 10.4 Å². The van der Waals surface area contributed by atoms with Crippen LogP contribution in [-0.2, 0) is 11.3 Å². The molecule has 0 atom stereocenters. The van der Waals surface area contributed by atoms with E-state index in [1.165, 1.54) is 7.11 Å². The normalized spacial score (nSPS) is 10.6. The number of methoxy groups -OCH3 is 1. The minimum atomic E-state index is -0.816. The number of aromatic nitrogens is 2. The topological polar surface area (TPSA) is 120 Å². The Morgan fingerprint density at radius 3 is 2.48 bits per heavy atom. The number of aromatic amines is 1. The molecule has 0 aliphatic carbocycles. The molecule has 1 heterocycles. The van der Waals surface area contributed by atoms with Gasteiger partial charge in [0.25, 0.3) is 5.56 Å². The first-order chi connectivity index (χ1) is 14.9. The van der Waals surface area contributed by atoms with Gasteiger partial charge in [-0.3, -0.25) is 19.1 Å². The van der Waals surface area contributed by atoms with Crippen molar-refractivity contribution in [2.75, 3.05) is 37.9 Å². The summed E-state index contributed by atoms with van der Waals surface area (Å²) in [4.78, 5) is 41.1. The van der Waals surface area contributed by atoms with Gasteiger partial charge < -0.3 is 20.1 Å². The number of anilines is 2. The summed E-state index contributed by atoms with van der Waals surface area (Å²) in [5.74, 6) is 0.497. The van der Waals surface area contributed by atoms with Crippen molar-refractivity contribution in [3.8, 4) is 11.5 Å². The average Bonchev–Trinajstić information content (AvgIpc) is 2.74. The molecule has 0 unspecified atom stereocenters. The van der Waals surface area contributed by atoms with Gasteiger partial charge in [-0.2, -0.15) is 0 Å². The van der Waals surface area contributed by atoms with Crippen LogP contribution in [0, 0.1) is 0 Å². The fourth-order valence-electron chi connectivity index (χ4n) is 3.12. The number of Topliss-reactive ketones (excluding diaryl/α,β-unsaturated/α-hetero) is 1. The van der Waals surface area contributed by atoms with Crippen LogP contribution >= 0.6 is 0 Å². The van der Waals surface area contributed by atoms with E-state index >= 15 is 0 Å². The van der Waals surface area contributed by atoms with Gasteiger partial charge in [0.2, 0.25) is 0 Å². The maximum atomic E-state index is 12.9. The molecule has 1 aromatic heterocycles. The summed E-state index contributed by atoms with van der Waals surface area (Å²) in [7, 11) is 3.18. The first-order valence-electron chi connectivity index (χ1n) is 9.60. The number of nitrogen functional groups attached to an aromatic ring is 1. The predicted octanol–water partition coefficient (Wildman–Crippen LogP) is 1.88. The van der Waals surface area contributed by atoms with Gasteiger partial charge in [0.05, 0.1) is 25.4 Å². The van der Waals surface area contributed by atoms with Gasteiger partial charge in [-0.05, 0) is 24.3 Å². The lowest BCUT2D eigenvalue weighted by Crippen LogP contribution is -2.39. The van der Waals surface area contributed by atoms with Gasteiger partial charge in [0.1, 0.15) is 17.1 Å². The van der Waals surface area contributed by atoms with E-state index in [4.69, 9.17) is 15.2 Å². The van der Waals surface area contributed by atoms with Gasteiger partial charge in [-0.1, -0.05) is 30.3 Å². The van der Waals surface area contributed by atoms with Gasteiger partial charge in [0, 0.05) is 14.2 Å². The second kappa shape index (κ2) is 9.77. The van der Waals surface area contributed by atoms with Gasteiger partial charge in [-0.15, -0.1) is 0 Å². The van der Waals surface area contributed by atoms with Crippen LogP contribution < -0.4 is 26.6 Å². The number of H-pyrrole nitrogens is 1. The van der Waals surface area contributed by atoms with Crippen LogP contribution in [0.4, 0.5) is 11.5 Å². The monoisotopic (exact) mass is 424 g/mol. The van der Waals surface area contributed by atoms with Crippen LogP contribution in [-0.4, -0.2) is 42.6 Å². The molecule has 0 saturated carbocycles. The molecule has 0 radical (unpaired) electrons. The maximum absolute atomic E-state index is 12.9. The molecule has 0 fully saturated rings. The fourth-order valence-corrected chi connectivity index (χ4v) is 3.12. The maximum Gasteiger partial charge on any atom is 0.330 e. The number of carbonyl (C=O) groups excluding carboxylic acids is 1. The number of nitrogens with zero attached hydrogens (tertiary/aromatic N) is 2. The SMILES string of the molecule is COCCn1c(N)c(C(=O)CN(C)c2ccccc2Oc2ccccc2)c(=O)[nH]c1=O. The van der Waals surface area contributed by atoms with E-state index in [0.29, 0.717) is 17.2 Å². The molecule has 0 aliphatic rings. The molecule has 0 saturated heterocycles. The highest BCUT2D eigenvalue weighted by Crippen LogP contribution is 2.31. The van der Waals surface area contributed by atoms with E-state index in [0.717, 1.165) is 4.57 Å². The Hall–Kier alpha value is -3.85. The summed E-state index contributed by atoms with van der Waals surface area (Å²) in [6.45, 7) is 0.167. The largest absolute Gasteiger partial charge is 0.455 e. The quantitative estimate of drug-likeness (QED) is 0.503. The van der Waals surface area contributed by atoms with Gasteiger partial charge in [-0.25, -0.2) is 4.79 Å². The zero-order valence-electron chi connectivity index (χ0n) is 17.3. The zero-order chi connectivity index (χ0) is 22.4. The second-order valence-corrected chi connectivity index (χ2v) is 6.83. The van der Waals surface area contributed by atoms with E-state index in [1.54, 1.807) is 24.1 Å². The number of nitrogens with one attached hydrogen (secondary N) is 1. The first-order valence-corrected chi connectivity index (χ1v) is 9.60. The number of hydrogen-bond donors (Lipinski definition) is 2. The minimum Gasteiger partial charge on any atom is -0.455 e.